The molecule has 0 aliphatic heterocycles. The number of nitrogens with zero attached hydrogens (tertiary/aromatic N) is 3. The number of imidazole rings is 1. The van der Waals surface area contributed by atoms with Gasteiger partial charge in [0.2, 0.25) is 0 Å². The van der Waals surface area contributed by atoms with Crippen LogP contribution in [0.4, 0.5) is 8.78 Å². The van der Waals surface area contributed by atoms with Crippen LogP contribution in [0.2, 0.25) is 0 Å². The predicted octanol–water partition coefficient (Wildman–Crippen LogP) is 1.75. The smallest absolute Gasteiger partial charge is 0.279 e. The summed E-state index contributed by atoms with van der Waals surface area (Å²) < 4.78 is 27.7. The summed E-state index contributed by atoms with van der Waals surface area (Å²) in [5.41, 5.74) is 0.869. The van der Waals surface area contributed by atoms with E-state index in [0.29, 0.717) is 17.0 Å². The van der Waals surface area contributed by atoms with Gasteiger partial charge in [0.05, 0.1) is 12.9 Å². The lowest BCUT2D eigenvalue weighted by atomic mass is 10.2. The molecule has 1 aromatic carbocycles. The van der Waals surface area contributed by atoms with Gasteiger partial charge in [-0.2, -0.15) is 0 Å². The molecule has 3 aromatic rings. The van der Waals surface area contributed by atoms with Crippen LogP contribution in [0, 0.1) is 18.6 Å². The molecular formula is C13H10F2N4O. The van der Waals surface area contributed by atoms with Crippen molar-refractivity contribution in [2.45, 2.75) is 13.5 Å². The molecule has 0 bridgehead atoms. The normalized spacial score (nSPS) is 11.2. The average Bonchev–Trinajstić information content (AvgIpc) is 2.77. The van der Waals surface area contributed by atoms with Crippen LogP contribution in [-0.4, -0.2) is 19.5 Å². The van der Waals surface area contributed by atoms with Crippen LogP contribution < -0.4 is 5.56 Å². The first-order chi connectivity index (χ1) is 9.54. The van der Waals surface area contributed by atoms with Gasteiger partial charge in [-0.05, 0) is 24.6 Å². The standard InChI is InChI=1S/C13H10F2N4O/c1-7-17-12-11(13(20)18-7)16-6-19(12)5-8-2-3-9(14)10(15)4-8/h2-4,6H,5H2,1H3,(H,17,18,20). The molecule has 0 spiro atoms. The van der Waals surface area contributed by atoms with Gasteiger partial charge in [0, 0.05) is 0 Å². The van der Waals surface area contributed by atoms with Crippen molar-refractivity contribution in [1.29, 1.82) is 0 Å². The van der Waals surface area contributed by atoms with E-state index < -0.39 is 11.6 Å². The van der Waals surface area contributed by atoms with Crippen LogP contribution in [0.5, 0.6) is 0 Å². The van der Waals surface area contributed by atoms with E-state index >= 15 is 0 Å². The Bertz CT molecular complexity index is 853. The molecule has 0 unspecified atom stereocenters. The predicted molar refractivity (Wildman–Crippen MR) is 68.3 cm³/mol. The lowest BCUT2D eigenvalue weighted by Crippen LogP contribution is -2.11. The first-order valence-corrected chi connectivity index (χ1v) is 5.90. The van der Waals surface area contributed by atoms with Gasteiger partial charge in [-0.3, -0.25) is 4.79 Å². The molecule has 0 radical (unpaired) electrons. The third-order valence-corrected chi connectivity index (χ3v) is 2.93. The fraction of sp³-hybridized carbons (Fsp3) is 0.154. The summed E-state index contributed by atoms with van der Waals surface area (Å²) in [6.45, 7) is 1.92. The zero-order chi connectivity index (χ0) is 14.3. The van der Waals surface area contributed by atoms with E-state index in [0.717, 1.165) is 12.1 Å². The van der Waals surface area contributed by atoms with Gasteiger partial charge in [-0.15, -0.1) is 0 Å². The van der Waals surface area contributed by atoms with E-state index in [4.69, 9.17) is 0 Å². The molecule has 2 heterocycles. The molecule has 3 rings (SSSR count). The van der Waals surface area contributed by atoms with Crippen molar-refractivity contribution >= 4 is 11.2 Å². The third-order valence-electron chi connectivity index (χ3n) is 2.93. The molecule has 0 saturated carbocycles. The van der Waals surface area contributed by atoms with Crippen LogP contribution >= 0.6 is 0 Å². The van der Waals surface area contributed by atoms with E-state index in [1.807, 2.05) is 0 Å². The molecule has 7 heteroatoms. The molecule has 0 aliphatic carbocycles. The van der Waals surface area contributed by atoms with E-state index in [9.17, 15) is 13.6 Å². The molecule has 2 aromatic heterocycles. The summed E-state index contributed by atoms with van der Waals surface area (Å²) in [7, 11) is 0. The van der Waals surface area contributed by atoms with Gasteiger partial charge in [0.1, 0.15) is 5.82 Å². The number of halogens is 2. The summed E-state index contributed by atoms with van der Waals surface area (Å²) in [5.74, 6) is -1.34. The number of aromatic nitrogens is 4. The Balaban J connectivity index is 2.06. The van der Waals surface area contributed by atoms with Crippen molar-refractivity contribution in [2.24, 2.45) is 0 Å². The molecular weight excluding hydrogens is 266 g/mol. The molecule has 0 amide bonds. The second kappa shape index (κ2) is 4.52. The number of fused-ring (bicyclic) bond motifs is 1. The maximum atomic E-state index is 13.2. The Morgan fingerprint density at radius 1 is 1.30 bits per heavy atom. The highest BCUT2D eigenvalue weighted by Crippen LogP contribution is 2.12. The number of benzene rings is 1. The highest BCUT2D eigenvalue weighted by molar-refractivity contribution is 5.69. The Morgan fingerprint density at radius 2 is 2.10 bits per heavy atom. The molecule has 0 fully saturated rings. The number of rotatable bonds is 2. The zero-order valence-electron chi connectivity index (χ0n) is 10.5. The Labute approximate surface area is 111 Å². The maximum absolute atomic E-state index is 13.2. The third kappa shape index (κ3) is 2.07. The summed E-state index contributed by atoms with van der Waals surface area (Å²) in [4.78, 5) is 22.4. The van der Waals surface area contributed by atoms with E-state index in [1.165, 1.54) is 12.4 Å². The SMILES string of the molecule is Cc1nc2c(ncn2Cc2ccc(F)c(F)c2)c(=O)[nH]1. The molecule has 0 saturated heterocycles. The van der Waals surface area contributed by atoms with Crippen molar-refractivity contribution < 1.29 is 8.78 Å². The molecule has 102 valence electrons. The van der Waals surface area contributed by atoms with Crippen molar-refractivity contribution in [3.05, 3.63) is 57.9 Å². The van der Waals surface area contributed by atoms with Crippen LogP contribution in [-0.2, 0) is 6.54 Å². The van der Waals surface area contributed by atoms with Gasteiger partial charge in [-0.25, -0.2) is 18.7 Å². The van der Waals surface area contributed by atoms with E-state index in [-0.39, 0.29) is 17.6 Å². The summed E-state index contributed by atoms with van der Waals surface area (Å²) >= 11 is 0. The Morgan fingerprint density at radius 3 is 2.85 bits per heavy atom. The quantitative estimate of drug-likeness (QED) is 0.775. The number of aromatic amines is 1. The van der Waals surface area contributed by atoms with Gasteiger partial charge in [-0.1, -0.05) is 6.07 Å². The Kier molecular flexibility index (Phi) is 2.81. The molecule has 0 aliphatic rings. The number of nitrogens with one attached hydrogen (secondary N) is 1. The molecule has 0 atom stereocenters. The van der Waals surface area contributed by atoms with Gasteiger partial charge in [0.15, 0.2) is 22.8 Å². The minimum atomic E-state index is -0.908. The van der Waals surface area contributed by atoms with Crippen molar-refractivity contribution in [3.63, 3.8) is 0 Å². The highest BCUT2D eigenvalue weighted by atomic mass is 19.2. The van der Waals surface area contributed by atoms with Gasteiger partial charge in [0.25, 0.3) is 5.56 Å². The molecule has 20 heavy (non-hydrogen) atoms. The first-order valence-electron chi connectivity index (χ1n) is 5.90. The maximum Gasteiger partial charge on any atom is 0.279 e. The van der Waals surface area contributed by atoms with Crippen molar-refractivity contribution in [3.8, 4) is 0 Å². The van der Waals surface area contributed by atoms with Crippen LogP contribution in [0.1, 0.15) is 11.4 Å². The fourth-order valence-corrected chi connectivity index (χ4v) is 2.01. The second-order valence-electron chi connectivity index (χ2n) is 4.44. The number of H-pyrrole nitrogens is 1. The lowest BCUT2D eigenvalue weighted by Gasteiger charge is -2.04. The molecule has 5 nitrogen and oxygen atoms in total. The monoisotopic (exact) mass is 276 g/mol. The van der Waals surface area contributed by atoms with Gasteiger partial charge >= 0.3 is 0 Å². The van der Waals surface area contributed by atoms with Crippen LogP contribution in [0.3, 0.4) is 0 Å². The summed E-state index contributed by atoms with van der Waals surface area (Å²) in [6, 6.07) is 3.65. The minimum Gasteiger partial charge on any atom is -0.311 e. The fourth-order valence-electron chi connectivity index (χ4n) is 2.01. The van der Waals surface area contributed by atoms with E-state index in [2.05, 4.69) is 15.0 Å². The molecule has 1 N–H and O–H groups in total. The van der Waals surface area contributed by atoms with Crippen molar-refractivity contribution in [1.82, 2.24) is 19.5 Å². The number of aryl methyl sites for hydroxylation is 1. The van der Waals surface area contributed by atoms with Gasteiger partial charge < -0.3 is 9.55 Å². The van der Waals surface area contributed by atoms with Crippen LogP contribution in [0.25, 0.3) is 11.2 Å². The van der Waals surface area contributed by atoms with Crippen LogP contribution in [0.15, 0.2) is 29.3 Å². The topological polar surface area (TPSA) is 63.6 Å². The lowest BCUT2D eigenvalue weighted by molar-refractivity contribution is 0.506. The first kappa shape index (κ1) is 12.5. The highest BCUT2D eigenvalue weighted by Gasteiger charge is 2.10. The Hall–Kier alpha value is -2.57. The second-order valence-corrected chi connectivity index (χ2v) is 4.44. The summed E-state index contributed by atoms with van der Waals surface area (Å²) in [6.07, 6.45) is 1.45. The summed E-state index contributed by atoms with van der Waals surface area (Å²) in [5, 5.41) is 0. The minimum absolute atomic E-state index is 0.221. The number of hydrogen-bond donors (Lipinski definition) is 1. The zero-order valence-corrected chi connectivity index (χ0v) is 10.5. The number of hydrogen-bond acceptors (Lipinski definition) is 3. The largest absolute Gasteiger partial charge is 0.311 e. The van der Waals surface area contributed by atoms with Crippen molar-refractivity contribution in [2.75, 3.05) is 0 Å². The average molecular weight is 276 g/mol. The van der Waals surface area contributed by atoms with E-state index in [1.54, 1.807) is 11.5 Å².